The van der Waals surface area contributed by atoms with Crippen molar-refractivity contribution in [3.8, 4) is 5.75 Å². The lowest BCUT2D eigenvalue weighted by Gasteiger charge is -2.12. The molecule has 2 aromatic carbocycles. The Hall–Kier alpha value is -3.41. The van der Waals surface area contributed by atoms with Crippen molar-refractivity contribution in [1.29, 1.82) is 0 Å². The maximum absolute atomic E-state index is 12.6. The molecule has 1 aliphatic carbocycles. The largest absolute Gasteiger partial charge is 0.427 e. The summed E-state index contributed by atoms with van der Waals surface area (Å²) in [6, 6.07) is 13.7. The van der Waals surface area contributed by atoms with Crippen LogP contribution in [0.5, 0.6) is 5.75 Å². The van der Waals surface area contributed by atoms with Crippen molar-refractivity contribution in [3.05, 3.63) is 71.8 Å². The summed E-state index contributed by atoms with van der Waals surface area (Å²) in [5, 5.41) is 5.73. The van der Waals surface area contributed by atoms with Crippen molar-refractivity contribution >= 4 is 23.5 Å². The Morgan fingerprint density at radius 1 is 1.07 bits per heavy atom. The Bertz CT molecular complexity index is 946. The summed E-state index contributed by atoms with van der Waals surface area (Å²) in [6.07, 6.45) is 8.36. The fourth-order valence-electron chi connectivity index (χ4n) is 3.47. The highest BCUT2D eigenvalue weighted by Gasteiger charge is 2.13. The number of benzene rings is 2. The van der Waals surface area contributed by atoms with E-state index in [-0.39, 0.29) is 11.8 Å². The lowest BCUT2D eigenvalue weighted by Crippen LogP contribution is -2.22. The van der Waals surface area contributed by atoms with Crippen molar-refractivity contribution in [2.45, 2.75) is 39.2 Å². The van der Waals surface area contributed by atoms with Gasteiger partial charge in [0.25, 0.3) is 5.91 Å². The number of anilines is 1. The number of esters is 1. The molecule has 0 heterocycles. The van der Waals surface area contributed by atoms with E-state index >= 15 is 0 Å². The van der Waals surface area contributed by atoms with Crippen LogP contribution in [0.25, 0.3) is 0 Å². The summed E-state index contributed by atoms with van der Waals surface area (Å²) in [7, 11) is 0. The van der Waals surface area contributed by atoms with E-state index in [2.05, 4.69) is 10.6 Å². The number of carbonyl (C=O) groups is 3. The molecule has 0 radical (unpaired) electrons. The van der Waals surface area contributed by atoms with Gasteiger partial charge in [0.2, 0.25) is 5.91 Å². The molecular weight excluding hydrogens is 380 g/mol. The maximum Gasteiger partial charge on any atom is 0.308 e. The second-order valence-electron chi connectivity index (χ2n) is 7.35. The number of allylic oxidation sites excluding steroid dienone is 1. The van der Waals surface area contributed by atoms with Gasteiger partial charge < -0.3 is 15.4 Å². The van der Waals surface area contributed by atoms with Gasteiger partial charge in [-0.15, -0.1) is 0 Å². The van der Waals surface area contributed by atoms with Crippen LogP contribution in [-0.4, -0.2) is 17.8 Å². The first-order valence-corrected chi connectivity index (χ1v) is 10.1. The third-order valence-electron chi connectivity index (χ3n) is 5.00. The predicted molar refractivity (Wildman–Crippen MR) is 115 cm³/mol. The summed E-state index contributed by atoms with van der Waals surface area (Å²) in [6.45, 7) is 1.61. The van der Waals surface area contributed by atoms with Crippen molar-refractivity contribution < 1.29 is 19.1 Å². The minimum Gasteiger partial charge on any atom is -0.427 e. The molecule has 156 valence electrons. The molecule has 1 saturated carbocycles. The van der Waals surface area contributed by atoms with Crippen LogP contribution in [-0.2, 0) is 16.1 Å². The molecule has 0 bridgehead atoms. The molecule has 2 aromatic rings. The van der Waals surface area contributed by atoms with Crippen LogP contribution in [0, 0.1) is 5.92 Å². The number of hydrogen-bond donors (Lipinski definition) is 2. The molecule has 6 heteroatoms. The fraction of sp³-hybridized carbons (Fsp3) is 0.292. The normalized spacial score (nSPS) is 13.9. The third kappa shape index (κ3) is 6.30. The van der Waals surface area contributed by atoms with Gasteiger partial charge >= 0.3 is 5.97 Å². The molecule has 1 aliphatic rings. The van der Waals surface area contributed by atoms with Gasteiger partial charge in [0.15, 0.2) is 0 Å². The molecular formula is C24H26N2O4. The molecule has 30 heavy (non-hydrogen) atoms. The molecule has 2 amide bonds. The van der Waals surface area contributed by atoms with Crippen LogP contribution >= 0.6 is 0 Å². The number of rotatable bonds is 7. The Morgan fingerprint density at radius 2 is 1.83 bits per heavy atom. The summed E-state index contributed by atoms with van der Waals surface area (Å²) < 4.78 is 5.03. The van der Waals surface area contributed by atoms with E-state index in [1.54, 1.807) is 30.3 Å². The van der Waals surface area contributed by atoms with Gasteiger partial charge in [-0.05, 0) is 54.7 Å². The van der Waals surface area contributed by atoms with Gasteiger partial charge in [0, 0.05) is 24.7 Å². The van der Waals surface area contributed by atoms with E-state index in [0.29, 0.717) is 29.5 Å². The minimum absolute atomic E-state index is 0.142. The zero-order chi connectivity index (χ0) is 21.3. The van der Waals surface area contributed by atoms with Crippen LogP contribution < -0.4 is 15.4 Å². The average Bonchev–Trinajstić information content (AvgIpc) is 3.25. The van der Waals surface area contributed by atoms with Crippen LogP contribution in [0.4, 0.5) is 5.69 Å². The van der Waals surface area contributed by atoms with E-state index in [1.807, 2.05) is 24.3 Å². The summed E-state index contributed by atoms with van der Waals surface area (Å²) in [4.78, 5) is 35.9. The highest BCUT2D eigenvalue weighted by Crippen LogP contribution is 2.25. The number of hydrogen-bond acceptors (Lipinski definition) is 4. The van der Waals surface area contributed by atoms with E-state index < -0.39 is 5.97 Å². The van der Waals surface area contributed by atoms with Crippen LogP contribution in [0.2, 0.25) is 0 Å². The molecule has 3 rings (SSSR count). The van der Waals surface area contributed by atoms with Crippen molar-refractivity contribution in [1.82, 2.24) is 5.32 Å². The van der Waals surface area contributed by atoms with Crippen molar-refractivity contribution in [3.63, 3.8) is 0 Å². The van der Waals surface area contributed by atoms with Gasteiger partial charge in [0.1, 0.15) is 5.75 Å². The molecule has 2 N–H and O–H groups in total. The van der Waals surface area contributed by atoms with Gasteiger partial charge in [0.05, 0.1) is 0 Å². The summed E-state index contributed by atoms with van der Waals surface area (Å²) in [5.74, 6) is -0.105. The van der Waals surface area contributed by atoms with Crippen molar-refractivity contribution in [2.75, 3.05) is 5.32 Å². The van der Waals surface area contributed by atoms with E-state index in [1.165, 1.54) is 25.8 Å². The fourth-order valence-corrected chi connectivity index (χ4v) is 3.47. The second kappa shape index (κ2) is 10.4. The highest BCUT2D eigenvalue weighted by molar-refractivity contribution is 6.05. The molecule has 0 aliphatic heterocycles. The first-order chi connectivity index (χ1) is 14.5. The van der Waals surface area contributed by atoms with Gasteiger partial charge in [-0.3, -0.25) is 14.4 Å². The smallest absolute Gasteiger partial charge is 0.308 e. The minimum atomic E-state index is -0.448. The van der Waals surface area contributed by atoms with E-state index in [9.17, 15) is 14.4 Å². The zero-order valence-corrected chi connectivity index (χ0v) is 17.0. The number of ether oxygens (including phenoxy) is 1. The van der Waals surface area contributed by atoms with Crippen molar-refractivity contribution in [2.24, 2.45) is 5.92 Å². The molecule has 0 aromatic heterocycles. The molecule has 6 nitrogen and oxygen atoms in total. The topological polar surface area (TPSA) is 84.5 Å². The first-order valence-electron chi connectivity index (χ1n) is 10.1. The first kappa shape index (κ1) is 21.3. The number of carbonyl (C=O) groups excluding carboxylic acids is 3. The zero-order valence-electron chi connectivity index (χ0n) is 17.0. The lowest BCUT2D eigenvalue weighted by atomic mass is 10.1. The van der Waals surface area contributed by atoms with Gasteiger partial charge in [-0.2, -0.15) is 0 Å². The Kier molecular flexibility index (Phi) is 7.38. The summed E-state index contributed by atoms with van der Waals surface area (Å²) in [5.41, 5.74) is 1.78. The monoisotopic (exact) mass is 406 g/mol. The Labute approximate surface area is 176 Å². The van der Waals surface area contributed by atoms with Crippen LogP contribution in [0.1, 0.15) is 48.5 Å². The average molecular weight is 406 g/mol. The van der Waals surface area contributed by atoms with Crippen LogP contribution in [0.15, 0.2) is 60.7 Å². The molecule has 1 fully saturated rings. The van der Waals surface area contributed by atoms with Gasteiger partial charge in [-0.25, -0.2) is 0 Å². The lowest BCUT2D eigenvalue weighted by molar-refractivity contribution is -0.131. The molecule has 0 atom stereocenters. The van der Waals surface area contributed by atoms with Crippen LogP contribution in [0.3, 0.4) is 0 Å². The van der Waals surface area contributed by atoms with E-state index in [4.69, 9.17) is 4.74 Å². The number of para-hydroxylation sites is 1. The predicted octanol–water partition coefficient (Wildman–Crippen LogP) is 4.23. The second-order valence-corrected chi connectivity index (χ2v) is 7.35. The third-order valence-corrected chi connectivity index (χ3v) is 5.00. The standard InChI is InChI=1S/C24H26N2O4/c1-17(27)30-21-11-6-10-19(15-21)24(29)26-22-12-5-4-9-20(22)16-25-23(28)14-13-18-7-2-3-8-18/h4-6,9-15,18H,2-3,7-8,16H2,1H3,(H,25,28)(H,26,29)/b14-13+. The summed E-state index contributed by atoms with van der Waals surface area (Å²) >= 11 is 0. The SMILES string of the molecule is CC(=O)Oc1cccc(C(=O)Nc2ccccc2CNC(=O)/C=C/C2CCCC2)c1. The maximum atomic E-state index is 12.6. The highest BCUT2D eigenvalue weighted by atomic mass is 16.5. The number of nitrogens with one attached hydrogen (secondary N) is 2. The quantitative estimate of drug-likeness (QED) is 0.409. The Morgan fingerprint density at radius 3 is 2.60 bits per heavy atom. The number of amides is 2. The molecule has 0 spiro atoms. The molecule has 0 saturated heterocycles. The van der Waals surface area contributed by atoms with Gasteiger partial charge in [-0.1, -0.05) is 43.2 Å². The molecule has 0 unspecified atom stereocenters. The Balaban J connectivity index is 1.61. The van der Waals surface area contributed by atoms with E-state index in [0.717, 1.165) is 18.4 Å².